The Bertz CT molecular complexity index is 634. The molecule has 0 unspecified atom stereocenters. The first-order valence-electron chi connectivity index (χ1n) is 8.28. The van der Waals surface area contributed by atoms with Crippen LogP contribution in [0.15, 0.2) is 24.4 Å². The maximum absolute atomic E-state index is 6.20. The summed E-state index contributed by atoms with van der Waals surface area (Å²) in [7, 11) is 0. The van der Waals surface area contributed by atoms with E-state index in [-0.39, 0.29) is 11.9 Å². The van der Waals surface area contributed by atoms with E-state index in [4.69, 9.17) is 9.47 Å². The van der Waals surface area contributed by atoms with E-state index in [0.717, 1.165) is 36.8 Å². The molecule has 2 fully saturated rings. The molecule has 1 aliphatic carbocycles. The number of nitrogens with one attached hydrogen (secondary N) is 2. The lowest BCUT2D eigenvalue weighted by Gasteiger charge is -2.31. The molecule has 5 nitrogen and oxygen atoms in total. The van der Waals surface area contributed by atoms with Crippen LogP contribution in [0, 0.1) is 0 Å². The molecule has 1 aliphatic heterocycles. The van der Waals surface area contributed by atoms with Gasteiger partial charge in [-0.2, -0.15) is 5.10 Å². The zero-order chi connectivity index (χ0) is 14.8. The van der Waals surface area contributed by atoms with Gasteiger partial charge >= 0.3 is 0 Å². The fourth-order valence-corrected chi connectivity index (χ4v) is 3.62. The second-order valence-corrected chi connectivity index (χ2v) is 6.40. The van der Waals surface area contributed by atoms with E-state index in [2.05, 4.69) is 33.7 Å². The van der Waals surface area contributed by atoms with E-state index in [1.54, 1.807) is 0 Å². The third-order valence-corrected chi connectivity index (χ3v) is 4.78. The van der Waals surface area contributed by atoms with Crippen molar-refractivity contribution in [3.05, 3.63) is 30.0 Å². The van der Waals surface area contributed by atoms with Crippen LogP contribution >= 0.6 is 0 Å². The highest BCUT2D eigenvalue weighted by Crippen LogP contribution is 2.37. The van der Waals surface area contributed by atoms with Gasteiger partial charge < -0.3 is 14.8 Å². The van der Waals surface area contributed by atoms with Crippen LogP contribution in [0.3, 0.4) is 0 Å². The Balaban J connectivity index is 1.31. The molecular formula is C17H23N3O2. The molecule has 2 heterocycles. The fourth-order valence-electron chi connectivity index (χ4n) is 3.62. The molecule has 1 saturated carbocycles. The maximum Gasteiger partial charge on any atom is 0.168 e. The highest BCUT2D eigenvalue weighted by molar-refractivity contribution is 5.81. The van der Waals surface area contributed by atoms with Gasteiger partial charge in [0.05, 0.1) is 24.4 Å². The molecule has 1 aromatic carbocycles. The predicted molar refractivity (Wildman–Crippen MR) is 84.4 cm³/mol. The number of benzene rings is 1. The van der Waals surface area contributed by atoms with Gasteiger partial charge in [0.15, 0.2) is 5.79 Å². The van der Waals surface area contributed by atoms with Crippen molar-refractivity contribution in [2.45, 2.75) is 50.5 Å². The first-order valence-corrected chi connectivity index (χ1v) is 8.28. The fraction of sp³-hybridized carbons (Fsp3) is 0.588. The Labute approximate surface area is 130 Å². The van der Waals surface area contributed by atoms with Gasteiger partial charge in [0.2, 0.25) is 0 Å². The Morgan fingerprint density at radius 2 is 2.18 bits per heavy atom. The van der Waals surface area contributed by atoms with Crippen LogP contribution < -0.4 is 5.32 Å². The lowest BCUT2D eigenvalue weighted by Crippen LogP contribution is -2.35. The summed E-state index contributed by atoms with van der Waals surface area (Å²) in [5, 5.41) is 11.8. The zero-order valence-corrected chi connectivity index (χ0v) is 12.8. The van der Waals surface area contributed by atoms with Crippen molar-refractivity contribution in [1.29, 1.82) is 0 Å². The van der Waals surface area contributed by atoms with Gasteiger partial charge in [-0.1, -0.05) is 24.6 Å². The SMILES string of the molecule is c1cc(CNC[C@@H]2COC3(CCCCC3)O2)c2[nH]ncc2c1. The van der Waals surface area contributed by atoms with Crippen LogP contribution in [0.5, 0.6) is 0 Å². The lowest BCUT2D eigenvalue weighted by atomic mass is 9.94. The number of para-hydroxylation sites is 1. The van der Waals surface area contributed by atoms with Crippen LogP contribution in [0.25, 0.3) is 10.9 Å². The molecule has 5 heteroatoms. The highest BCUT2D eigenvalue weighted by Gasteiger charge is 2.41. The summed E-state index contributed by atoms with van der Waals surface area (Å²) in [5.74, 6) is -0.270. The van der Waals surface area contributed by atoms with Crippen molar-refractivity contribution in [1.82, 2.24) is 15.5 Å². The molecule has 1 aromatic heterocycles. The van der Waals surface area contributed by atoms with E-state index < -0.39 is 0 Å². The van der Waals surface area contributed by atoms with E-state index >= 15 is 0 Å². The van der Waals surface area contributed by atoms with E-state index in [0.29, 0.717) is 6.61 Å². The minimum Gasteiger partial charge on any atom is -0.347 e. The molecule has 1 spiro atoms. The molecule has 22 heavy (non-hydrogen) atoms. The smallest absolute Gasteiger partial charge is 0.168 e. The number of aromatic amines is 1. The summed E-state index contributed by atoms with van der Waals surface area (Å²) < 4.78 is 12.2. The number of H-pyrrole nitrogens is 1. The van der Waals surface area contributed by atoms with Gasteiger partial charge in [0.1, 0.15) is 0 Å². The highest BCUT2D eigenvalue weighted by atomic mass is 16.7. The molecule has 0 radical (unpaired) electrons. The van der Waals surface area contributed by atoms with E-state index in [1.165, 1.54) is 24.8 Å². The molecule has 1 atom stereocenters. The van der Waals surface area contributed by atoms with Gasteiger partial charge in [-0.25, -0.2) is 0 Å². The summed E-state index contributed by atoms with van der Waals surface area (Å²) in [6.07, 6.45) is 7.89. The molecular weight excluding hydrogens is 278 g/mol. The number of ether oxygens (including phenoxy) is 2. The molecule has 4 rings (SSSR count). The van der Waals surface area contributed by atoms with Crippen LogP contribution in [0.1, 0.15) is 37.7 Å². The monoisotopic (exact) mass is 301 g/mol. The Morgan fingerprint density at radius 1 is 1.27 bits per heavy atom. The quantitative estimate of drug-likeness (QED) is 0.911. The number of rotatable bonds is 4. The minimum atomic E-state index is -0.270. The number of aromatic nitrogens is 2. The van der Waals surface area contributed by atoms with Crippen molar-refractivity contribution >= 4 is 10.9 Å². The number of nitrogens with zero attached hydrogens (tertiary/aromatic N) is 1. The second-order valence-electron chi connectivity index (χ2n) is 6.40. The number of hydrogen-bond donors (Lipinski definition) is 2. The van der Waals surface area contributed by atoms with E-state index in [9.17, 15) is 0 Å². The van der Waals surface area contributed by atoms with Gasteiger partial charge in [-0.05, 0) is 18.4 Å². The summed E-state index contributed by atoms with van der Waals surface area (Å²) in [5.41, 5.74) is 2.35. The van der Waals surface area contributed by atoms with Gasteiger partial charge in [0, 0.05) is 31.3 Å². The third-order valence-electron chi connectivity index (χ3n) is 4.78. The zero-order valence-electron chi connectivity index (χ0n) is 12.8. The number of fused-ring (bicyclic) bond motifs is 1. The summed E-state index contributed by atoms with van der Waals surface area (Å²) in [6, 6.07) is 6.27. The standard InChI is InChI=1S/C17H23N3O2/c1-2-7-17(8-3-1)21-12-15(22-17)11-18-9-13-5-4-6-14-10-19-20-16(13)14/h4-6,10,15,18H,1-3,7-9,11-12H2,(H,19,20)/t15-/m1/s1. The van der Waals surface area contributed by atoms with Crippen molar-refractivity contribution < 1.29 is 9.47 Å². The Hall–Kier alpha value is -1.43. The Kier molecular flexibility index (Phi) is 3.86. The third kappa shape index (κ3) is 2.76. The summed E-state index contributed by atoms with van der Waals surface area (Å²) >= 11 is 0. The molecule has 118 valence electrons. The van der Waals surface area contributed by atoms with Crippen LogP contribution in [-0.2, 0) is 16.0 Å². The molecule has 2 aliphatic rings. The van der Waals surface area contributed by atoms with Crippen molar-refractivity contribution in [2.24, 2.45) is 0 Å². The van der Waals surface area contributed by atoms with Gasteiger partial charge in [0.25, 0.3) is 0 Å². The average Bonchev–Trinajstić information content (AvgIpc) is 3.16. The van der Waals surface area contributed by atoms with E-state index in [1.807, 2.05) is 6.20 Å². The van der Waals surface area contributed by atoms with Crippen molar-refractivity contribution in [3.8, 4) is 0 Å². The van der Waals surface area contributed by atoms with Crippen molar-refractivity contribution in [2.75, 3.05) is 13.2 Å². The molecule has 0 bridgehead atoms. The molecule has 2 N–H and O–H groups in total. The summed E-state index contributed by atoms with van der Waals surface area (Å²) in [6.45, 7) is 2.35. The normalized spacial score (nSPS) is 24.3. The second kappa shape index (κ2) is 5.99. The first-order chi connectivity index (χ1) is 10.8. The van der Waals surface area contributed by atoms with Gasteiger partial charge in [-0.3, -0.25) is 5.10 Å². The van der Waals surface area contributed by atoms with Crippen LogP contribution in [0.4, 0.5) is 0 Å². The molecule has 2 aromatic rings. The number of hydrogen-bond acceptors (Lipinski definition) is 4. The minimum absolute atomic E-state index is 0.166. The molecule has 1 saturated heterocycles. The maximum atomic E-state index is 6.20. The molecule has 0 amide bonds. The predicted octanol–water partition coefficient (Wildman–Crippen LogP) is 2.73. The average molecular weight is 301 g/mol. The lowest BCUT2D eigenvalue weighted by molar-refractivity contribution is -0.186. The topological polar surface area (TPSA) is 59.2 Å². The van der Waals surface area contributed by atoms with Crippen LogP contribution in [-0.4, -0.2) is 35.2 Å². The first kappa shape index (κ1) is 14.2. The van der Waals surface area contributed by atoms with Gasteiger partial charge in [-0.15, -0.1) is 0 Å². The van der Waals surface area contributed by atoms with Crippen molar-refractivity contribution in [3.63, 3.8) is 0 Å². The largest absolute Gasteiger partial charge is 0.347 e. The Morgan fingerprint density at radius 3 is 3.09 bits per heavy atom. The van der Waals surface area contributed by atoms with Crippen LogP contribution in [0.2, 0.25) is 0 Å². The summed E-state index contributed by atoms with van der Waals surface area (Å²) in [4.78, 5) is 0.